The van der Waals surface area contributed by atoms with Gasteiger partial charge < -0.3 is 9.88 Å². The molecule has 4 aromatic rings. The molecule has 1 N–H and O–H groups in total. The maximum absolute atomic E-state index is 13.1. The van der Waals surface area contributed by atoms with Crippen molar-refractivity contribution in [1.29, 1.82) is 0 Å². The number of thioether (sulfide) groups is 1. The lowest BCUT2D eigenvalue weighted by atomic mass is 10.2. The quantitative estimate of drug-likeness (QED) is 0.430. The van der Waals surface area contributed by atoms with E-state index in [0.29, 0.717) is 22.5 Å². The van der Waals surface area contributed by atoms with E-state index >= 15 is 0 Å². The SMILES string of the molecule is CCn1c(SCC(=O)Nc2nc(-c3ccc(F)cc3)cs2)nnc1-c1ccncc1. The number of benzene rings is 1. The third-order valence-corrected chi connectivity index (χ3v) is 5.92. The lowest BCUT2D eigenvalue weighted by Crippen LogP contribution is -2.14. The van der Waals surface area contributed by atoms with E-state index in [9.17, 15) is 9.18 Å². The number of anilines is 1. The average molecular weight is 441 g/mol. The summed E-state index contributed by atoms with van der Waals surface area (Å²) < 4.78 is 15.0. The van der Waals surface area contributed by atoms with Crippen LogP contribution in [0.4, 0.5) is 9.52 Å². The Morgan fingerprint density at radius 2 is 1.90 bits per heavy atom. The molecule has 7 nitrogen and oxygen atoms in total. The molecule has 10 heteroatoms. The fraction of sp³-hybridized carbons (Fsp3) is 0.150. The van der Waals surface area contributed by atoms with Gasteiger partial charge >= 0.3 is 0 Å². The molecular weight excluding hydrogens is 423 g/mol. The van der Waals surface area contributed by atoms with Crippen molar-refractivity contribution in [2.45, 2.75) is 18.6 Å². The van der Waals surface area contributed by atoms with E-state index in [1.54, 1.807) is 24.5 Å². The second-order valence-electron chi connectivity index (χ2n) is 6.17. The van der Waals surface area contributed by atoms with E-state index in [1.807, 2.05) is 29.0 Å². The number of rotatable bonds is 7. The minimum atomic E-state index is -0.299. The number of hydrogen-bond acceptors (Lipinski definition) is 7. The van der Waals surface area contributed by atoms with Gasteiger partial charge in [0.25, 0.3) is 0 Å². The van der Waals surface area contributed by atoms with Crippen molar-refractivity contribution in [3.05, 3.63) is 60.0 Å². The zero-order chi connectivity index (χ0) is 20.9. The van der Waals surface area contributed by atoms with E-state index in [0.717, 1.165) is 17.0 Å². The first-order valence-electron chi connectivity index (χ1n) is 9.11. The number of aromatic nitrogens is 5. The number of halogens is 1. The van der Waals surface area contributed by atoms with Crippen LogP contribution in [-0.4, -0.2) is 36.4 Å². The number of nitrogens with one attached hydrogen (secondary N) is 1. The van der Waals surface area contributed by atoms with Gasteiger partial charge in [0, 0.05) is 35.4 Å². The molecule has 0 bridgehead atoms. The largest absolute Gasteiger partial charge is 0.302 e. The van der Waals surface area contributed by atoms with Crippen molar-refractivity contribution in [3.8, 4) is 22.6 Å². The van der Waals surface area contributed by atoms with Gasteiger partial charge in [-0.3, -0.25) is 9.78 Å². The van der Waals surface area contributed by atoms with Crippen molar-refractivity contribution < 1.29 is 9.18 Å². The van der Waals surface area contributed by atoms with Crippen LogP contribution in [-0.2, 0) is 11.3 Å². The monoisotopic (exact) mass is 440 g/mol. The summed E-state index contributed by atoms with van der Waals surface area (Å²) in [4.78, 5) is 20.8. The van der Waals surface area contributed by atoms with Crippen molar-refractivity contribution in [3.63, 3.8) is 0 Å². The summed E-state index contributed by atoms with van der Waals surface area (Å²) in [6.45, 7) is 2.69. The maximum Gasteiger partial charge on any atom is 0.236 e. The van der Waals surface area contributed by atoms with Crippen LogP contribution < -0.4 is 5.32 Å². The van der Waals surface area contributed by atoms with Crippen LogP contribution in [0.5, 0.6) is 0 Å². The Bertz CT molecular complexity index is 1140. The van der Waals surface area contributed by atoms with E-state index in [-0.39, 0.29) is 17.5 Å². The highest BCUT2D eigenvalue weighted by Crippen LogP contribution is 2.26. The van der Waals surface area contributed by atoms with Crippen LogP contribution >= 0.6 is 23.1 Å². The Morgan fingerprint density at radius 1 is 1.13 bits per heavy atom. The Kier molecular flexibility index (Phi) is 6.15. The molecular formula is C20H17FN6OS2. The second kappa shape index (κ2) is 9.14. The number of nitrogens with zero attached hydrogens (tertiary/aromatic N) is 5. The van der Waals surface area contributed by atoms with Gasteiger partial charge in [-0.1, -0.05) is 11.8 Å². The molecule has 0 aliphatic heterocycles. The Morgan fingerprint density at radius 3 is 2.63 bits per heavy atom. The van der Waals surface area contributed by atoms with Crippen molar-refractivity contribution in [2.75, 3.05) is 11.1 Å². The van der Waals surface area contributed by atoms with Crippen LogP contribution in [0.25, 0.3) is 22.6 Å². The molecule has 1 aromatic carbocycles. The number of thiazole rings is 1. The second-order valence-corrected chi connectivity index (χ2v) is 7.97. The van der Waals surface area contributed by atoms with Gasteiger partial charge in [-0.15, -0.1) is 21.5 Å². The predicted octanol–water partition coefficient (Wildman–Crippen LogP) is 4.35. The number of carbonyl (C=O) groups excluding carboxylic acids is 1. The van der Waals surface area contributed by atoms with E-state index < -0.39 is 0 Å². The van der Waals surface area contributed by atoms with Gasteiger partial charge in [-0.05, 0) is 43.3 Å². The minimum Gasteiger partial charge on any atom is -0.302 e. The van der Waals surface area contributed by atoms with Crippen LogP contribution in [0.15, 0.2) is 59.3 Å². The summed E-state index contributed by atoms with van der Waals surface area (Å²) in [5.74, 6) is 0.439. The first-order valence-corrected chi connectivity index (χ1v) is 11.0. The summed E-state index contributed by atoms with van der Waals surface area (Å²) >= 11 is 2.64. The molecule has 0 spiro atoms. The molecule has 0 saturated heterocycles. The summed E-state index contributed by atoms with van der Waals surface area (Å²) in [6.07, 6.45) is 3.41. The molecule has 1 amide bonds. The van der Waals surface area contributed by atoms with Gasteiger partial charge in [-0.25, -0.2) is 9.37 Å². The molecule has 0 aliphatic rings. The molecule has 0 aliphatic carbocycles. The van der Waals surface area contributed by atoms with Crippen LogP contribution in [0.2, 0.25) is 0 Å². The van der Waals surface area contributed by atoms with Crippen molar-refractivity contribution in [1.82, 2.24) is 24.7 Å². The Balaban J connectivity index is 1.39. The highest BCUT2D eigenvalue weighted by atomic mass is 32.2. The standard InChI is InChI=1S/C20H17FN6OS2/c1-2-27-18(14-7-9-22-10-8-14)25-26-20(27)30-12-17(28)24-19-23-16(11-29-19)13-3-5-15(21)6-4-13/h3-11H,2,12H2,1H3,(H,23,24,28). The molecule has 4 rings (SSSR count). The number of amides is 1. The molecule has 30 heavy (non-hydrogen) atoms. The van der Waals surface area contributed by atoms with Gasteiger partial charge in [0.2, 0.25) is 5.91 Å². The molecule has 152 valence electrons. The van der Waals surface area contributed by atoms with Crippen molar-refractivity contribution >= 4 is 34.1 Å². The van der Waals surface area contributed by atoms with Crippen LogP contribution in [0, 0.1) is 5.82 Å². The highest BCUT2D eigenvalue weighted by molar-refractivity contribution is 7.99. The summed E-state index contributed by atoms with van der Waals surface area (Å²) in [6, 6.07) is 9.83. The van der Waals surface area contributed by atoms with Crippen LogP contribution in [0.1, 0.15) is 6.92 Å². The maximum atomic E-state index is 13.1. The molecule has 3 heterocycles. The number of hydrogen-bond donors (Lipinski definition) is 1. The summed E-state index contributed by atoms with van der Waals surface area (Å²) in [5, 5.41) is 14.3. The summed E-state index contributed by atoms with van der Waals surface area (Å²) in [7, 11) is 0. The minimum absolute atomic E-state index is 0.180. The number of carbonyl (C=O) groups is 1. The Labute approximate surface area is 180 Å². The highest BCUT2D eigenvalue weighted by Gasteiger charge is 2.15. The van der Waals surface area contributed by atoms with Gasteiger partial charge in [-0.2, -0.15) is 0 Å². The van der Waals surface area contributed by atoms with E-state index in [2.05, 4.69) is 25.5 Å². The zero-order valence-electron chi connectivity index (χ0n) is 15.9. The zero-order valence-corrected chi connectivity index (χ0v) is 17.6. The van der Waals surface area contributed by atoms with Crippen LogP contribution in [0.3, 0.4) is 0 Å². The molecule has 0 atom stereocenters. The van der Waals surface area contributed by atoms with E-state index in [1.165, 1.54) is 35.2 Å². The first kappa shape index (κ1) is 20.2. The molecule has 3 aromatic heterocycles. The Hall–Kier alpha value is -3.11. The lowest BCUT2D eigenvalue weighted by Gasteiger charge is -2.07. The van der Waals surface area contributed by atoms with Crippen molar-refractivity contribution in [2.24, 2.45) is 0 Å². The van der Waals surface area contributed by atoms with E-state index in [4.69, 9.17) is 0 Å². The summed E-state index contributed by atoms with van der Waals surface area (Å²) in [5.41, 5.74) is 2.41. The molecule has 0 fully saturated rings. The molecule has 0 saturated carbocycles. The normalized spacial score (nSPS) is 10.9. The smallest absolute Gasteiger partial charge is 0.236 e. The fourth-order valence-corrected chi connectivity index (χ4v) is 4.30. The average Bonchev–Trinajstić information content (AvgIpc) is 3.40. The molecule has 0 radical (unpaired) electrons. The van der Waals surface area contributed by atoms with Gasteiger partial charge in [0.1, 0.15) is 5.82 Å². The fourth-order valence-electron chi connectivity index (χ4n) is 2.76. The third kappa shape index (κ3) is 4.55. The lowest BCUT2D eigenvalue weighted by molar-refractivity contribution is -0.113. The van der Waals surface area contributed by atoms with Gasteiger partial charge in [0.15, 0.2) is 16.1 Å². The first-order chi connectivity index (χ1) is 14.6. The molecule has 0 unspecified atom stereocenters. The predicted molar refractivity (Wildman–Crippen MR) is 116 cm³/mol. The third-order valence-electron chi connectivity index (χ3n) is 4.19. The topological polar surface area (TPSA) is 85.6 Å². The van der Waals surface area contributed by atoms with Gasteiger partial charge in [0.05, 0.1) is 11.4 Å². The number of pyridine rings is 1.